The summed E-state index contributed by atoms with van der Waals surface area (Å²) >= 11 is 5.92. The van der Waals surface area contributed by atoms with Crippen molar-refractivity contribution in [1.82, 2.24) is 9.97 Å². The van der Waals surface area contributed by atoms with Gasteiger partial charge >= 0.3 is 0 Å². The molecule has 8 heteroatoms. The predicted molar refractivity (Wildman–Crippen MR) is 110 cm³/mol. The zero-order valence-corrected chi connectivity index (χ0v) is 16.4. The summed E-state index contributed by atoms with van der Waals surface area (Å²) in [7, 11) is 0. The topological polar surface area (TPSA) is 64.5 Å². The second-order valence-corrected chi connectivity index (χ2v) is 7.98. The average Bonchev–Trinajstić information content (AvgIpc) is 3.19. The summed E-state index contributed by atoms with van der Waals surface area (Å²) in [5.74, 6) is 1.62. The molecule has 2 unspecified atom stereocenters. The fraction of sp³-hybridized carbons (Fsp3) is 0.500. The first-order valence-electron chi connectivity index (χ1n) is 9.77. The zero-order chi connectivity index (χ0) is 19.5. The molecule has 0 saturated carbocycles. The van der Waals surface area contributed by atoms with Crippen molar-refractivity contribution in [3.63, 3.8) is 0 Å². The Balaban J connectivity index is 1.39. The van der Waals surface area contributed by atoms with Crippen LogP contribution >= 0.6 is 11.6 Å². The van der Waals surface area contributed by atoms with E-state index in [-0.39, 0.29) is 17.7 Å². The number of aliphatic hydroxyl groups is 1. The molecule has 3 heterocycles. The highest BCUT2D eigenvalue weighted by molar-refractivity contribution is 6.31. The van der Waals surface area contributed by atoms with E-state index in [0.717, 1.165) is 62.8 Å². The summed E-state index contributed by atoms with van der Waals surface area (Å²) < 4.78 is 13.4. The molecule has 0 amide bonds. The molecular formula is C20H25ClFN5O. The monoisotopic (exact) mass is 405 g/mol. The predicted octanol–water partition coefficient (Wildman–Crippen LogP) is 3.17. The summed E-state index contributed by atoms with van der Waals surface area (Å²) in [6.07, 6.45) is 4.68. The number of hydrogen-bond acceptors (Lipinski definition) is 6. The molecule has 2 aliphatic rings. The molecule has 0 spiro atoms. The van der Waals surface area contributed by atoms with E-state index >= 15 is 0 Å². The van der Waals surface area contributed by atoms with E-state index in [4.69, 9.17) is 11.6 Å². The van der Waals surface area contributed by atoms with Crippen LogP contribution in [-0.2, 0) is 0 Å². The maximum absolute atomic E-state index is 13.4. The minimum absolute atomic E-state index is 0.150. The highest BCUT2D eigenvalue weighted by Gasteiger charge is 2.24. The first-order chi connectivity index (χ1) is 13.6. The van der Waals surface area contributed by atoms with E-state index in [1.807, 2.05) is 6.07 Å². The Labute approximate surface area is 169 Å². The Morgan fingerprint density at radius 3 is 2.86 bits per heavy atom. The summed E-state index contributed by atoms with van der Waals surface area (Å²) in [6, 6.07) is 7.08. The van der Waals surface area contributed by atoms with Crippen molar-refractivity contribution in [2.75, 3.05) is 47.9 Å². The lowest BCUT2D eigenvalue weighted by atomic mass is 9.99. The molecule has 2 aromatic rings. The Morgan fingerprint density at radius 1 is 1.14 bits per heavy atom. The number of anilines is 3. The smallest absolute Gasteiger partial charge is 0.141 e. The van der Waals surface area contributed by atoms with Crippen LogP contribution in [0.2, 0.25) is 5.02 Å². The van der Waals surface area contributed by atoms with Crippen LogP contribution in [0.15, 0.2) is 30.6 Å². The summed E-state index contributed by atoms with van der Waals surface area (Å²) in [6.45, 7) is 3.68. The fourth-order valence-corrected chi connectivity index (χ4v) is 4.20. The van der Waals surface area contributed by atoms with E-state index < -0.39 is 5.82 Å². The molecule has 6 nitrogen and oxygen atoms in total. The molecular weight excluding hydrogens is 381 g/mol. The number of benzene rings is 1. The molecule has 4 rings (SSSR count). The standard InChI is InChI=1S/C20H25ClFN5O/c21-17-8-16(3-4-18(17)22)26-7-5-15(11-26)25-19-9-20(24-13-23-19)27-6-1-2-14(10-27)12-28/h3-4,8-9,13-15,28H,1-2,5-7,10-12H2,(H,23,24,25). The molecule has 2 fully saturated rings. The molecule has 0 aliphatic carbocycles. The van der Waals surface area contributed by atoms with Crippen molar-refractivity contribution in [2.24, 2.45) is 5.92 Å². The van der Waals surface area contributed by atoms with Gasteiger partial charge in [0.2, 0.25) is 0 Å². The number of halogens is 2. The summed E-state index contributed by atoms with van der Waals surface area (Å²) in [4.78, 5) is 13.2. The van der Waals surface area contributed by atoms with Gasteiger partial charge in [0.05, 0.1) is 5.02 Å². The molecule has 2 N–H and O–H groups in total. The highest BCUT2D eigenvalue weighted by atomic mass is 35.5. The largest absolute Gasteiger partial charge is 0.396 e. The maximum atomic E-state index is 13.4. The van der Waals surface area contributed by atoms with E-state index in [0.29, 0.717) is 5.92 Å². The van der Waals surface area contributed by atoms with Gasteiger partial charge in [-0.15, -0.1) is 0 Å². The van der Waals surface area contributed by atoms with Crippen LogP contribution in [-0.4, -0.2) is 53.9 Å². The van der Waals surface area contributed by atoms with Crippen molar-refractivity contribution in [1.29, 1.82) is 0 Å². The van der Waals surface area contributed by atoms with Crippen molar-refractivity contribution in [2.45, 2.75) is 25.3 Å². The van der Waals surface area contributed by atoms with Gasteiger partial charge in [-0.3, -0.25) is 0 Å². The molecule has 0 bridgehead atoms. The van der Waals surface area contributed by atoms with E-state index in [9.17, 15) is 9.50 Å². The van der Waals surface area contributed by atoms with Crippen LogP contribution in [0.4, 0.5) is 21.7 Å². The van der Waals surface area contributed by atoms with Gasteiger partial charge in [-0.25, -0.2) is 14.4 Å². The van der Waals surface area contributed by atoms with Crippen LogP contribution in [0, 0.1) is 11.7 Å². The second kappa shape index (κ2) is 8.49. The second-order valence-electron chi connectivity index (χ2n) is 7.57. The van der Waals surface area contributed by atoms with Crippen LogP contribution in [0.1, 0.15) is 19.3 Å². The van der Waals surface area contributed by atoms with Crippen molar-refractivity contribution < 1.29 is 9.50 Å². The number of hydrogen-bond donors (Lipinski definition) is 2. The third-order valence-corrected chi connectivity index (χ3v) is 5.85. The number of rotatable bonds is 5. The minimum Gasteiger partial charge on any atom is -0.396 e. The van der Waals surface area contributed by atoms with Crippen molar-refractivity contribution in [3.05, 3.63) is 41.4 Å². The van der Waals surface area contributed by atoms with Crippen LogP contribution < -0.4 is 15.1 Å². The van der Waals surface area contributed by atoms with E-state index in [1.165, 1.54) is 6.07 Å². The summed E-state index contributed by atoms with van der Waals surface area (Å²) in [5.41, 5.74) is 0.933. The third-order valence-electron chi connectivity index (χ3n) is 5.56. The number of piperidine rings is 1. The normalized spacial score (nSPS) is 22.5. The Bertz CT molecular complexity index is 823. The van der Waals surface area contributed by atoms with Gasteiger partial charge in [0.25, 0.3) is 0 Å². The van der Waals surface area contributed by atoms with Gasteiger partial charge in [-0.05, 0) is 43.4 Å². The van der Waals surface area contributed by atoms with Crippen molar-refractivity contribution in [3.8, 4) is 0 Å². The Hall–Kier alpha value is -2.12. The molecule has 1 aromatic carbocycles. The molecule has 0 radical (unpaired) electrons. The SMILES string of the molecule is OCC1CCCN(c2cc(NC3CCN(c4ccc(F)c(Cl)c4)C3)ncn2)C1. The molecule has 2 saturated heterocycles. The van der Waals surface area contributed by atoms with Gasteiger partial charge in [-0.2, -0.15) is 0 Å². The van der Waals surface area contributed by atoms with Gasteiger partial charge in [0.1, 0.15) is 23.8 Å². The van der Waals surface area contributed by atoms with Gasteiger partial charge < -0.3 is 20.2 Å². The van der Waals surface area contributed by atoms with Crippen LogP contribution in [0.25, 0.3) is 0 Å². The summed E-state index contributed by atoms with van der Waals surface area (Å²) in [5, 5.41) is 13.1. The highest BCUT2D eigenvalue weighted by Crippen LogP contribution is 2.27. The lowest BCUT2D eigenvalue weighted by Gasteiger charge is -2.32. The zero-order valence-electron chi connectivity index (χ0n) is 15.7. The van der Waals surface area contributed by atoms with Gasteiger partial charge in [0, 0.05) is 50.6 Å². The first kappa shape index (κ1) is 19.2. The van der Waals surface area contributed by atoms with Gasteiger partial charge in [0.15, 0.2) is 0 Å². The number of aromatic nitrogens is 2. The lowest BCUT2D eigenvalue weighted by molar-refractivity contribution is 0.208. The lowest BCUT2D eigenvalue weighted by Crippen LogP contribution is -2.37. The number of aliphatic hydroxyl groups excluding tert-OH is 1. The first-order valence-corrected chi connectivity index (χ1v) is 10.1. The quantitative estimate of drug-likeness (QED) is 0.796. The third kappa shape index (κ3) is 4.31. The van der Waals surface area contributed by atoms with Gasteiger partial charge in [-0.1, -0.05) is 11.6 Å². The Kier molecular flexibility index (Phi) is 5.82. The molecule has 28 heavy (non-hydrogen) atoms. The van der Waals surface area contributed by atoms with Crippen molar-refractivity contribution >= 4 is 28.9 Å². The van der Waals surface area contributed by atoms with Crippen LogP contribution in [0.3, 0.4) is 0 Å². The van der Waals surface area contributed by atoms with E-state index in [2.05, 4.69) is 25.1 Å². The molecule has 2 atom stereocenters. The van der Waals surface area contributed by atoms with E-state index in [1.54, 1.807) is 18.5 Å². The molecule has 150 valence electrons. The average molecular weight is 406 g/mol. The molecule has 1 aromatic heterocycles. The van der Waals surface area contributed by atoms with Crippen LogP contribution in [0.5, 0.6) is 0 Å². The molecule has 2 aliphatic heterocycles. The Morgan fingerprint density at radius 2 is 2.04 bits per heavy atom. The fourth-order valence-electron chi connectivity index (χ4n) is 4.02. The maximum Gasteiger partial charge on any atom is 0.141 e. The number of nitrogens with one attached hydrogen (secondary N) is 1. The number of nitrogens with zero attached hydrogens (tertiary/aromatic N) is 4. The minimum atomic E-state index is -0.394.